The highest BCUT2D eigenvalue weighted by Gasteiger charge is 2.21. The molecule has 3 aromatic heterocycles. The van der Waals surface area contributed by atoms with E-state index in [1.165, 1.54) is 6.20 Å². The lowest BCUT2D eigenvalue weighted by atomic mass is 9.92. The van der Waals surface area contributed by atoms with Crippen LogP contribution in [-0.4, -0.2) is 50.7 Å². The third kappa shape index (κ3) is 5.09. The molecule has 1 amide bonds. The van der Waals surface area contributed by atoms with Crippen LogP contribution in [0, 0.1) is 0 Å². The summed E-state index contributed by atoms with van der Waals surface area (Å²) in [6, 6.07) is 5.99. The second kappa shape index (κ2) is 9.71. The zero-order valence-corrected chi connectivity index (χ0v) is 17.4. The Morgan fingerprint density at radius 2 is 1.97 bits per heavy atom. The Balaban J connectivity index is 1.62. The molecule has 0 spiro atoms. The van der Waals surface area contributed by atoms with E-state index in [0.29, 0.717) is 42.0 Å². The summed E-state index contributed by atoms with van der Waals surface area (Å²) < 4.78 is 1.58. The van der Waals surface area contributed by atoms with Crippen LogP contribution < -0.4 is 27.4 Å². The van der Waals surface area contributed by atoms with Crippen molar-refractivity contribution >= 4 is 28.7 Å². The van der Waals surface area contributed by atoms with E-state index in [9.17, 15) is 4.79 Å². The van der Waals surface area contributed by atoms with Gasteiger partial charge in [0.2, 0.25) is 0 Å². The SMILES string of the molecule is NCCCNc1cc(N[C@H]2CC[C@H](N)CC2)nn2c(C(=O)Nc3ccncc3)cnc12. The molecule has 164 valence electrons. The van der Waals surface area contributed by atoms with Gasteiger partial charge in [0.25, 0.3) is 5.91 Å². The molecule has 1 fully saturated rings. The first-order valence-electron chi connectivity index (χ1n) is 10.7. The minimum atomic E-state index is -0.292. The van der Waals surface area contributed by atoms with E-state index in [1.807, 2.05) is 6.07 Å². The molecule has 10 nitrogen and oxygen atoms in total. The maximum atomic E-state index is 12.9. The molecular weight excluding hydrogens is 394 g/mol. The second-order valence-electron chi connectivity index (χ2n) is 7.84. The number of hydrogen-bond acceptors (Lipinski definition) is 8. The van der Waals surface area contributed by atoms with Gasteiger partial charge in [-0.2, -0.15) is 0 Å². The number of amides is 1. The van der Waals surface area contributed by atoms with Gasteiger partial charge in [-0.15, -0.1) is 5.10 Å². The molecule has 1 aliphatic carbocycles. The van der Waals surface area contributed by atoms with Gasteiger partial charge in [0, 0.05) is 42.8 Å². The Hall–Kier alpha value is -3.24. The van der Waals surface area contributed by atoms with E-state index in [0.717, 1.165) is 37.8 Å². The van der Waals surface area contributed by atoms with E-state index in [1.54, 1.807) is 29.0 Å². The highest BCUT2D eigenvalue weighted by Crippen LogP contribution is 2.25. The molecule has 0 saturated heterocycles. The summed E-state index contributed by atoms with van der Waals surface area (Å²) in [5.74, 6) is 0.402. The van der Waals surface area contributed by atoms with Crippen molar-refractivity contribution in [3.8, 4) is 0 Å². The molecule has 31 heavy (non-hydrogen) atoms. The molecule has 0 atom stereocenters. The molecule has 1 aliphatic rings. The molecule has 10 heteroatoms. The summed E-state index contributed by atoms with van der Waals surface area (Å²) in [5.41, 5.74) is 14.1. The van der Waals surface area contributed by atoms with Gasteiger partial charge in [-0.1, -0.05) is 0 Å². The molecule has 3 heterocycles. The maximum Gasteiger partial charge on any atom is 0.276 e. The second-order valence-corrected chi connectivity index (χ2v) is 7.84. The number of rotatable bonds is 8. The van der Waals surface area contributed by atoms with Gasteiger partial charge in [0.05, 0.1) is 11.9 Å². The number of carbonyl (C=O) groups is 1. The first kappa shape index (κ1) is 21.0. The number of imidazole rings is 1. The summed E-state index contributed by atoms with van der Waals surface area (Å²) >= 11 is 0. The van der Waals surface area contributed by atoms with Gasteiger partial charge >= 0.3 is 0 Å². The third-order valence-corrected chi connectivity index (χ3v) is 5.46. The van der Waals surface area contributed by atoms with Crippen LogP contribution in [-0.2, 0) is 0 Å². The van der Waals surface area contributed by atoms with Gasteiger partial charge in [-0.3, -0.25) is 9.78 Å². The average molecular weight is 424 g/mol. The first-order chi connectivity index (χ1) is 15.1. The van der Waals surface area contributed by atoms with Crippen LogP contribution in [0.2, 0.25) is 0 Å². The van der Waals surface area contributed by atoms with Crippen LogP contribution >= 0.6 is 0 Å². The van der Waals surface area contributed by atoms with Gasteiger partial charge in [0.15, 0.2) is 11.3 Å². The highest BCUT2D eigenvalue weighted by atomic mass is 16.2. The number of aromatic nitrogens is 4. The number of nitrogens with zero attached hydrogens (tertiary/aromatic N) is 4. The molecule has 0 aromatic carbocycles. The summed E-state index contributed by atoms with van der Waals surface area (Å²) in [4.78, 5) is 21.3. The van der Waals surface area contributed by atoms with Crippen molar-refractivity contribution in [2.24, 2.45) is 11.5 Å². The van der Waals surface area contributed by atoms with Crippen molar-refractivity contribution in [3.05, 3.63) is 42.5 Å². The molecule has 0 bridgehead atoms. The predicted octanol–water partition coefficient (Wildman–Crippen LogP) is 1.82. The smallest absolute Gasteiger partial charge is 0.276 e. The van der Waals surface area contributed by atoms with E-state index in [2.05, 4.69) is 31.0 Å². The summed E-state index contributed by atoms with van der Waals surface area (Å²) in [6.45, 7) is 1.30. The van der Waals surface area contributed by atoms with Crippen LogP contribution in [0.5, 0.6) is 0 Å². The fourth-order valence-corrected chi connectivity index (χ4v) is 3.75. The summed E-state index contributed by atoms with van der Waals surface area (Å²) in [5, 5.41) is 14.4. The summed E-state index contributed by atoms with van der Waals surface area (Å²) in [6.07, 6.45) is 9.59. The van der Waals surface area contributed by atoms with E-state index in [-0.39, 0.29) is 11.9 Å². The molecule has 4 rings (SSSR count). The predicted molar refractivity (Wildman–Crippen MR) is 121 cm³/mol. The third-order valence-electron chi connectivity index (χ3n) is 5.46. The maximum absolute atomic E-state index is 12.9. The topological polar surface area (TPSA) is 148 Å². The standard InChI is InChI=1S/C21H29N9O/c22-8-1-9-25-17-12-19(27-15-4-2-14(23)3-5-15)29-30-18(13-26-20(17)30)21(31)28-16-6-10-24-11-7-16/h6-7,10-15,25H,1-5,8-9,22-23H2,(H,27,29)(H,24,28,31)/t14-,15-. The molecular formula is C21H29N9O. The van der Waals surface area contributed by atoms with Crippen molar-refractivity contribution in [1.82, 2.24) is 19.6 Å². The molecule has 7 N–H and O–H groups in total. The minimum Gasteiger partial charge on any atom is -0.382 e. The largest absolute Gasteiger partial charge is 0.382 e. The molecule has 0 unspecified atom stereocenters. The van der Waals surface area contributed by atoms with Gasteiger partial charge in [0.1, 0.15) is 5.82 Å². The average Bonchev–Trinajstić information content (AvgIpc) is 3.20. The monoisotopic (exact) mass is 423 g/mol. The van der Waals surface area contributed by atoms with Crippen LogP contribution in [0.25, 0.3) is 5.65 Å². The molecule has 1 saturated carbocycles. The number of hydrogen-bond donors (Lipinski definition) is 5. The first-order valence-corrected chi connectivity index (χ1v) is 10.7. The van der Waals surface area contributed by atoms with Crippen molar-refractivity contribution in [2.75, 3.05) is 29.0 Å². The van der Waals surface area contributed by atoms with Crippen LogP contribution in [0.15, 0.2) is 36.8 Å². The van der Waals surface area contributed by atoms with Crippen molar-refractivity contribution in [1.29, 1.82) is 0 Å². The zero-order valence-electron chi connectivity index (χ0n) is 17.4. The molecule has 3 aromatic rings. The molecule has 0 aliphatic heterocycles. The number of carbonyl (C=O) groups excluding carboxylic acids is 1. The van der Waals surface area contributed by atoms with Crippen LogP contribution in [0.4, 0.5) is 17.2 Å². The summed E-state index contributed by atoms with van der Waals surface area (Å²) in [7, 11) is 0. The lowest BCUT2D eigenvalue weighted by Crippen LogP contribution is -2.33. The number of pyridine rings is 1. The fourth-order valence-electron chi connectivity index (χ4n) is 3.75. The lowest BCUT2D eigenvalue weighted by Gasteiger charge is -2.27. The normalized spacial score (nSPS) is 18.6. The number of anilines is 3. The Kier molecular flexibility index (Phi) is 6.58. The highest BCUT2D eigenvalue weighted by molar-refractivity contribution is 6.03. The quantitative estimate of drug-likeness (QED) is 0.345. The van der Waals surface area contributed by atoms with Gasteiger partial charge in [-0.25, -0.2) is 9.50 Å². The van der Waals surface area contributed by atoms with E-state index >= 15 is 0 Å². The number of nitrogens with one attached hydrogen (secondary N) is 3. The van der Waals surface area contributed by atoms with E-state index in [4.69, 9.17) is 11.5 Å². The van der Waals surface area contributed by atoms with Gasteiger partial charge in [-0.05, 0) is 50.8 Å². The lowest BCUT2D eigenvalue weighted by molar-refractivity contribution is 0.102. The Labute approximate surface area is 180 Å². The number of fused-ring (bicyclic) bond motifs is 1. The van der Waals surface area contributed by atoms with Crippen LogP contribution in [0.1, 0.15) is 42.6 Å². The van der Waals surface area contributed by atoms with Crippen molar-refractivity contribution in [2.45, 2.75) is 44.2 Å². The van der Waals surface area contributed by atoms with Crippen LogP contribution in [0.3, 0.4) is 0 Å². The van der Waals surface area contributed by atoms with Gasteiger partial charge < -0.3 is 27.4 Å². The van der Waals surface area contributed by atoms with Crippen molar-refractivity contribution in [3.63, 3.8) is 0 Å². The Morgan fingerprint density at radius 1 is 1.19 bits per heavy atom. The molecule has 0 radical (unpaired) electrons. The number of nitrogens with two attached hydrogens (primary N) is 2. The Morgan fingerprint density at radius 3 is 2.71 bits per heavy atom. The van der Waals surface area contributed by atoms with E-state index < -0.39 is 0 Å². The fraction of sp³-hybridized carbons (Fsp3) is 0.429. The van der Waals surface area contributed by atoms with Crippen molar-refractivity contribution < 1.29 is 4.79 Å². The minimum absolute atomic E-state index is 0.277. The Bertz CT molecular complexity index is 1010. The zero-order chi connectivity index (χ0) is 21.6.